The summed E-state index contributed by atoms with van der Waals surface area (Å²) in [6, 6.07) is 0. The van der Waals surface area contributed by atoms with Crippen molar-refractivity contribution in [3.63, 3.8) is 0 Å². The molecule has 3 nitrogen and oxygen atoms in total. The maximum absolute atomic E-state index is 12.0. The van der Waals surface area contributed by atoms with Crippen LogP contribution in [0.2, 0.25) is 0 Å². The van der Waals surface area contributed by atoms with Crippen molar-refractivity contribution in [2.75, 3.05) is 6.54 Å². The van der Waals surface area contributed by atoms with Crippen molar-refractivity contribution in [2.45, 2.75) is 6.18 Å². The minimum Gasteiger partial charge on any atom is -0.324 e. The molecule has 0 saturated heterocycles. The van der Waals surface area contributed by atoms with Crippen LogP contribution in [0.5, 0.6) is 0 Å². The van der Waals surface area contributed by atoms with Crippen LogP contribution >= 0.6 is 11.3 Å². The number of alkyl halides is 3. The molecule has 2 N–H and O–H groups in total. The van der Waals surface area contributed by atoms with Gasteiger partial charge in [-0.1, -0.05) is 0 Å². The molecular weight excluding hydrogens is 205 g/mol. The maximum Gasteiger partial charge on any atom is 0.443 e. The van der Waals surface area contributed by atoms with Gasteiger partial charge in [0.25, 0.3) is 0 Å². The zero-order valence-electron chi connectivity index (χ0n) is 6.26. The smallest absolute Gasteiger partial charge is 0.324 e. The highest BCUT2D eigenvalue weighted by Crippen LogP contribution is 2.32. The van der Waals surface area contributed by atoms with E-state index in [0.29, 0.717) is 11.3 Å². The molecule has 0 bridgehead atoms. The van der Waals surface area contributed by atoms with Gasteiger partial charge in [-0.3, -0.25) is 4.79 Å². The number of nitrogens with two attached hydrogens (primary N) is 1. The summed E-state index contributed by atoms with van der Waals surface area (Å²) < 4.78 is 35.9. The molecule has 1 heterocycles. The number of carbonyl (C=O) groups is 1. The van der Waals surface area contributed by atoms with E-state index in [1.165, 1.54) is 0 Å². The van der Waals surface area contributed by atoms with Crippen molar-refractivity contribution in [1.82, 2.24) is 4.98 Å². The first-order valence-electron chi connectivity index (χ1n) is 3.21. The molecule has 7 heteroatoms. The number of hydrogen-bond acceptors (Lipinski definition) is 4. The molecule has 0 fully saturated rings. The standard InChI is InChI=1S/C6H5F3N2OS/c7-6(8,9)5-11-2-4(13-5)3(12)1-10/h2H,1,10H2. The molecule has 1 rings (SSSR count). The fourth-order valence-electron chi connectivity index (χ4n) is 0.635. The Labute approximate surface area is 75.4 Å². The number of rotatable bonds is 2. The van der Waals surface area contributed by atoms with Gasteiger partial charge in [-0.2, -0.15) is 13.2 Å². The first-order valence-corrected chi connectivity index (χ1v) is 4.03. The molecule has 0 aromatic carbocycles. The van der Waals surface area contributed by atoms with Crippen LogP contribution in [0.15, 0.2) is 6.20 Å². The van der Waals surface area contributed by atoms with Crippen LogP contribution in [0.25, 0.3) is 0 Å². The SMILES string of the molecule is NCC(=O)c1cnc(C(F)(F)F)s1. The second kappa shape index (κ2) is 3.43. The van der Waals surface area contributed by atoms with Gasteiger partial charge >= 0.3 is 6.18 Å². The van der Waals surface area contributed by atoms with Crippen LogP contribution in [0.1, 0.15) is 14.7 Å². The van der Waals surface area contributed by atoms with E-state index in [-0.39, 0.29) is 11.4 Å². The predicted molar refractivity (Wildman–Crippen MR) is 40.5 cm³/mol. The average molecular weight is 210 g/mol. The maximum atomic E-state index is 12.0. The lowest BCUT2D eigenvalue weighted by atomic mass is 10.4. The first kappa shape index (κ1) is 10.1. The van der Waals surface area contributed by atoms with Crippen molar-refractivity contribution in [1.29, 1.82) is 0 Å². The Hall–Kier alpha value is -0.950. The minimum atomic E-state index is -4.49. The Morgan fingerprint density at radius 3 is 2.62 bits per heavy atom. The molecule has 13 heavy (non-hydrogen) atoms. The highest BCUT2D eigenvalue weighted by molar-refractivity contribution is 7.13. The van der Waals surface area contributed by atoms with E-state index in [0.717, 1.165) is 6.20 Å². The van der Waals surface area contributed by atoms with E-state index < -0.39 is 17.0 Å². The fourth-order valence-corrected chi connectivity index (χ4v) is 1.37. The second-order valence-corrected chi connectivity index (χ2v) is 3.19. The number of thiazole rings is 1. The summed E-state index contributed by atoms with van der Waals surface area (Å²) in [5.74, 6) is -0.534. The van der Waals surface area contributed by atoms with E-state index in [2.05, 4.69) is 4.98 Å². The number of ketones is 1. The molecule has 1 aromatic heterocycles. The molecule has 0 aliphatic heterocycles. The molecule has 72 valence electrons. The second-order valence-electron chi connectivity index (χ2n) is 2.15. The predicted octanol–water partition coefficient (Wildman–Crippen LogP) is 1.30. The number of hydrogen-bond donors (Lipinski definition) is 1. The zero-order valence-corrected chi connectivity index (χ0v) is 7.08. The third-order valence-electron chi connectivity index (χ3n) is 1.21. The summed E-state index contributed by atoms with van der Waals surface area (Å²) in [6.07, 6.45) is -3.60. The van der Waals surface area contributed by atoms with Gasteiger partial charge in [0.15, 0.2) is 10.8 Å². The molecule has 1 aromatic rings. The molecule has 0 atom stereocenters. The van der Waals surface area contributed by atoms with Gasteiger partial charge in [0.05, 0.1) is 11.4 Å². The van der Waals surface area contributed by atoms with E-state index in [4.69, 9.17) is 5.73 Å². The average Bonchev–Trinajstić information content (AvgIpc) is 2.50. The highest BCUT2D eigenvalue weighted by Gasteiger charge is 2.35. The Morgan fingerprint density at radius 1 is 1.62 bits per heavy atom. The summed E-state index contributed by atoms with van der Waals surface area (Å²) in [4.78, 5) is 13.8. The van der Waals surface area contributed by atoms with Crippen LogP contribution in [0, 0.1) is 0 Å². The van der Waals surface area contributed by atoms with Gasteiger partial charge in [0.2, 0.25) is 0 Å². The van der Waals surface area contributed by atoms with E-state index in [9.17, 15) is 18.0 Å². The Bertz CT molecular complexity index is 320. The first-order chi connectivity index (χ1) is 5.95. The Morgan fingerprint density at radius 2 is 2.23 bits per heavy atom. The van der Waals surface area contributed by atoms with Gasteiger partial charge in [-0.15, -0.1) is 11.3 Å². The lowest BCUT2D eigenvalue weighted by molar-refractivity contribution is -0.137. The number of aromatic nitrogens is 1. The number of carbonyl (C=O) groups excluding carboxylic acids is 1. The molecule has 0 unspecified atom stereocenters. The normalized spacial score (nSPS) is 11.7. The highest BCUT2D eigenvalue weighted by atomic mass is 32.1. The van der Waals surface area contributed by atoms with Gasteiger partial charge in [0.1, 0.15) is 0 Å². The van der Waals surface area contributed by atoms with Gasteiger partial charge in [-0.25, -0.2) is 4.98 Å². The Kier molecular flexibility index (Phi) is 2.67. The van der Waals surface area contributed by atoms with Crippen molar-refractivity contribution in [3.05, 3.63) is 16.1 Å². The van der Waals surface area contributed by atoms with Crippen LogP contribution in [0.3, 0.4) is 0 Å². The number of halogens is 3. The van der Waals surface area contributed by atoms with Crippen molar-refractivity contribution >= 4 is 17.1 Å². The van der Waals surface area contributed by atoms with Crippen LogP contribution < -0.4 is 5.73 Å². The third-order valence-corrected chi connectivity index (χ3v) is 2.29. The van der Waals surface area contributed by atoms with Crippen LogP contribution in [-0.2, 0) is 6.18 Å². The van der Waals surface area contributed by atoms with Gasteiger partial charge in [-0.05, 0) is 0 Å². The topological polar surface area (TPSA) is 56.0 Å². The van der Waals surface area contributed by atoms with Crippen molar-refractivity contribution in [3.8, 4) is 0 Å². The molecule has 0 aliphatic carbocycles. The zero-order chi connectivity index (χ0) is 10.1. The lowest BCUT2D eigenvalue weighted by Gasteiger charge is -1.98. The van der Waals surface area contributed by atoms with Crippen LogP contribution in [-0.4, -0.2) is 17.3 Å². The third kappa shape index (κ3) is 2.25. The van der Waals surface area contributed by atoms with Gasteiger partial charge in [0, 0.05) is 6.20 Å². The molecule has 0 saturated carbocycles. The quantitative estimate of drug-likeness (QED) is 0.748. The largest absolute Gasteiger partial charge is 0.443 e. The van der Waals surface area contributed by atoms with Crippen molar-refractivity contribution < 1.29 is 18.0 Å². The molecule has 0 aliphatic rings. The molecule has 0 spiro atoms. The lowest BCUT2D eigenvalue weighted by Crippen LogP contribution is -2.11. The van der Waals surface area contributed by atoms with Crippen molar-refractivity contribution in [2.24, 2.45) is 5.73 Å². The summed E-state index contributed by atoms with van der Waals surface area (Å²) in [7, 11) is 0. The van der Waals surface area contributed by atoms with E-state index in [1.54, 1.807) is 0 Å². The van der Waals surface area contributed by atoms with E-state index >= 15 is 0 Å². The summed E-state index contributed by atoms with van der Waals surface area (Å²) >= 11 is 0.307. The molecule has 0 amide bonds. The van der Waals surface area contributed by atoms with Crippen LogP contribution in [0.4, 0.5) is 13.2 Å². The summed E-state index contributed by atoms with van der Waals surface area (Å²) in [5, 5.41) is -1.02. The summed E-state index contributed by atoms with van der Waals surface area (Å²) in [5.41, 5.74) is 4.97. The fraction of sp³-hybridized carbons (Fsp3) is 0.333. The molecular formula is C6H5F3N2OS. The molecule has 0 radical (unpaired) electrons. The Balaban J connectivity index is 2.93. The minimum absolute atomic E-state index is 0.0603. The number of nitrogens with zero attached hydrogens (tertiary/aromatic N) is 1. The summed E-state index contributed by atoms with van der Waals surface area (Å²) in [6.45, 7) is -0.306. The monoisotopic (exact) mass is 210 g/mol. The van der Waals surface area contributed by atoms with E-state index in [1.807, 2.05) is 0 Å². The number of Topliss-reactive ketones (excluding diaryl/α,β-unsaturated/α-hetero) is 1. The van der Waals surface area contributed by atoms with Gasteiger partial charge < -0.3 is 5.73 Å².